The minimum absolute atomic E-state index is 0.157. The van der Waals surface area contributed by atoms with E-state index in [1.54, 1.807) is 39.0 Å². The van der Waals surface area contributed by atoms with Gasteiger partial charge in [-0.3, -0.25) is 10.1 Å². The van der Waals surface area contributed by atoms with E-state index in [-0.39, 0.29) is 35.7 Å². The van der Waals surface area contributed by atoms with Crippen LogP contribution in [0.15, 0.2) is 42.5 Å². The Hall–Kier alpha value is -3.81. The Morgan fingerprint density at radius 2 is 1.77 bits per heavy atom. The molecule has 1 aromatic heterocycles. The highest BCUT2D eigenvalue weighted by atomic mass is 16.6. The lowest BCUT2D eigenvalue weighted by atomic mass is 10.0. The van der Waals surface area contributed by atoms with Crippen molar-refractivity contribution in [1.29, 1.82) is 0 Å². The Bertz CT molecular complexity index is 1160. The average molecular weight is 408 g/mol. The molecule has 0 N–H and O–H groups in total. The Labute approximate surface area is 172 Å². The summed E-state index contributed by atoms with van der Waals surface area (Å²) in [4.78, 5) is 40.3. The Morgan fingerprint density at radius 1 is 1.03 bits per heavy atom. The number of nitro groups is 1. The van der Waals surface area contributed by atoms with Gasteiger partial charge in [0.05, 0.1) is 28.3 Å². The number of nitrogens with zero attached hydrogens (tertiary/aromatic N) is 2. The van der Waals surface area contributed by atoms with Gasteiger partial charge in [0.2, 0.25) is 0 Å². The molecule has 0 saturated carbocycles. The van der Waals surface area contributed by atoms with Gasteiger partial charge in [0.15, 0.2) is 0 Å². The number of hydrogen-bond acceptors (Lipinski definition) is 7. The third-order valence-electron chi connectivity index (χ3n) is 4.69. The van der Waals surface area contributed by atoms with E-state index in [0.717, 1.165) is 5.39 Å². The maximum Gasteiger partial charge on any atom is 0.345 e. The van der Waals surface area contributed by atoms with Crippen molar-refractivity contribution in [2.75, 3.05) is 6.61 Å². The summed E-state index contributed by atoms with van der Waals surface area (Å²) in [6.45, 7) is 4.86. The fourth-order valence-electron chi connectivity index (χ4n) is 3.30. The molecular weight excluding hydrogens is 388 g/mol. The molecule has 0 aliphatic carbocycles. The number of nitro benzene ring substituents is 1. The van der Waals surface area contributed by atoms with Gasteiger partial charge in [-0.05, 0) is 38.5 Å². The minimum atomic E-state index is -0.868. The van der Waals surface area contributed by atoms with Crippen molar-refractivity contribution in [3.8, 4) is 0 Å². The van der Waals surface area contributed by atoms with Crippen LogP contribution in [-0.4, -0.2) is 28.5 Å². The van der Waals surface area contributed by atoms with Crippen molar-refractivity contribution in [2.24, 2.45) is 0 Å². The Morgan fingerprint density at radius 3 is 2.47 bits per heavy atom. The number of aromatic nitrogens is 1. The van der Waals surface area contributed by atoms with Crippen molar-refractivity contribution in [2.45, 2.75) is 27.4 Å². The van der Waals surface area contributed by atoms with E-state index in [2.05, 4.69) is 4.98 Å². The summed E-state index contributed by atoms with van der Waals surface area (Å²) in [5, 5.41) is 12.1. The van der Waals surface area contributed by atoms with E-state index in [4.69, 9.17) is 9.47 Å². The molecule has 0 unspecified atom stereocenters. The van der Waals surface area contributed by atoms with E-state index < -0.39 is 16.9 Å². The molecule has 0 aliphatic rings. The van der Waals surface area contributed by atoms with Gasteiger partial charge in [-0.25, -0.2) is 14.6 Å². The zero-order valence-corrected chi connectivity index (χ0v) is 16.8. The zero-order chi connectivity index (χ0) is 21.8. The molecule has 8 heteroatoms. The first kappa shape index (κ1) is 20.9. The van der Waals surface area contributed by atoms with Crippen LogP contribution in [0.5, 0.6) is 0 Å². The number of ether oxygens (including phenoxy) is 2. The van der Waals surface area contributed by atoms with Crippen molar-refractivity contribution >= 4 is 28.5 Å². The second-order valence-corrected chi connectivity index (χ2v) is 6.60. The second-order valence-electron chi connectivity index (χ2n) is 6.60. The number of hydrogen-bond donors (Lipinski definition) is 0. The number of esters is 2. The van der Waals surface area contributed by atoms with Crippen LogP contribution in [0.25, 0.3) is 10.9 Å². The van der Waals surface area contributed by atoms with Gasteiger partial charge in [0.25, 0.3) is 5.69 Å². The lowest BCUT2D eigenvalue weighted by molar-refractivity contribution is -0.385. The van der Waals surface area contributed by atoms with E-state index >= 15 is 0 Å². The van der Waals surface area contributed by atoms with Crippen molar-refractivity contribution in [3.05, 3.63) is 80.5 Å². The number of para-hydroxylation sites is 2. The topological polar surface area (TPSA) is 109 Å². The molecule has 0 saturated heterocycles. The number of aryl methyl sites for hydroxylation is 2. The van der Waals surface area contributed by atoms with Gasteiger partial charge in [0, 0.05) is 10.9 Å². The molecule has 0 bridgehead atoms. The summed E-state index contributed by atoms with van der Waals surface area (Å²) in [6.07, 6.45) is 0. The molecule has 3 aromatic rings. The van der Waals surface area contributed by atoms with Crippen LogP contribution in [0.1, 0.15) is 44.5 Å². The molecule has 30 heavy (non-hydrogen) atoms. The van der Waals surface area contributed by atoms with Gasteiger partial charge in [-0.1, -0.05) is 30.3 Å². The molecule has 0 aliphatic heterocycles. The standard InChI is InChI=1S/C22H20N2O6/c1-4-29-22(26)19-14(3)15-9-5-6-11-17(15)23-18(19)12-30-21(25)16-10-7-8-13(2)20(16)24(27)28/h5-11H,4,12H2,1-3H3. The molecular formula is C22H20N2O6. The molecule has 8 nitrogen and oxygen atoms in total. The first-order valence-corrected chi connectivity index (χ1v) is 9.31. The number of fused-ring (bicyclic) bond motifs is 1. The van der Waals surface area contributed by atoms with Crippen LogP contribution < -0.4 is 0 Å². The summed E-state index contributed by atoms with van der Waals surface area (Å²) >= 11 is 0. The highest BCUT2D eigenvalue weighted by molar-refractivity contribution is 5.98. The number of pyridine rings is 1. The number of benzene rings is 2. The molecule has 1 heterocycles. The third kappa shape index (κ3) is 3.98. The van der Waals surface area contributed by atoms with Crippen LogP contribution in [0.2, 0.25) is 0 Å². The van der Waals surface area contributed by atoms with Gasteiger partial charge in [-0.2, -0.15) is 0 Å². The normalized spacial score (nSPS) is 10.6. The highest BCUT2D eigenvalue weighted by Gasteiger charge is 2.25. The number of carbonyl (C=O) groups is 2. The maximum atomic E-state index is 12.6. The molecule has 0 amide bonds. The molecule has 0 fully saturated rings. The summed E-state index contributed by atoms with van der Waals surface area (Å²) < 4.78 is 10.5. The average Bonchev–Trinajstić information content (AvgIpc) is 2.71. The van der Waals surface area contributed by atoms with E-state index in [9.17, 15) is 19.7 Å². The smallest absolute Gasteiger partial charge is 0.345 e. The summed E-state index contributed by atoms with van der Waals surface area (Å²) in [7, 11) is 0. The van der Waals surface area contributed by atoms with Crippen LogP contribution in [0, 0.1) is 24.0 Å². The lowest BCUT2D eigenvalue weighted by Crippen LogP contribution is -2.15. The Balaban J connectivity index is 1.99. The molecule has 154 valence electrons. The van der Waals surface area contributed by atoms with Gasteiger partial charge >= 0.3 is 11.9 Å². The van der Waals surface area contributed by atoms with Crippen molar-refractivity contribution < 1.29 is 24.0 Å². The quantitative estimate of drug-likeness (QED) is 0.340. The SMILES string of the molecule is CCOC(=O)c1c(COC(=O)c2cccc(C)c2[N+](=O)[O-])nc2ccccc2c1C. The first-order chi connectivity index (χ1) is 14.3. The molecule has 0 atom stereocenters. The molecule has 3 rings (SSSR count). The summed E-state index contributed by atoms with van der Waals surface area (Å²) in [5.74, 6) is -1.44. The Kier molecular flexibility index (Phi) is 6.06. The predicted octanol–water partition coefficient (Wildman–Crippen LogP) is 4.29. The first-order valence-electron chi connectivity index (χ1n) is 9.31. The minimum Gasteiger partial charge on any atom is -0.462 e. The second kappa shape index (κ2) is 8.69. The molecule has 0 spiro atoms. The van der Waals surface area contributed by atoms with Crippen molar-refractivity contribution in [3.63, 3.8) is 0 Å². The number of rotatable bonds is 6. The molecule has 2 aromatic carbocycles. The van der Waals surface area contributed by atoms with Crippen LogP contribution >= 0.6 is 0 Å². The van der Waals surface area contributed by atoms with Gasteiger partial charge in [-0.15, -0.1) is 0 Å². The fourth-order valence-corrected chi connectivity index (χ4v) is 3.30. The largest absolute Gasteiger partial charge is 0.462 e. The van der Waals surface area contributed by atoms with Crippen LogP contribution in [-0.2, 0) is 16.1 Å². The third-order valence-corrected chi connectivity index (χ3v) is 4.69. The zero-order valence-electron chi connectivity index (χ0n) is 16.8. The van der Waals surface area contributed by atoms with Crippen LogP contribution in [0.4, 0.5) is 5.69 Å². The summed E-state index contributed by atoms with van der Waals surface area (Å²) in [5.41, 5.74) is 1.63. The van der Waals surface area contributed by atoms with Gasteiger partial charge < -0.3 is 9.47 Å². The molecule has 0 radical (unpaired) electrons. The summed E-state index contributed by atoms with van der Waals surface area (Å²) in [6, 6.07) is 11.7. The van der Waals surface area contributed by atoms with Crippen molar-refractivity contribution in [1.82, 2.24) is 4.98 Å². The van der Waals surface area contributed by atoms with E-state index in [1.165, 1.54) is 6.07 Å². The highest BCUT2D eigenvalue weighted by Crippen LogP contribution is 2.26. The lowest BCUT2D eigenvalue weighted by Gasteiger charge is -2.14. The number of carbonyl (C=O) groups excluding carboxylic acids is 2. The van der Waals surface area contributed by atoms with E-state index in [0.29, 0.717) is 16.6 Å². The predicted molar refractivity (Wildman–Crippen MR) is 109 cm³/mol. The van der Waals surface area contributed by atoms with Gasteiger partial charge in [0.1, 0.15) is 12.2 Å². The maximum absolute atomic E-state index is 12.6. The fraction of sp³-hybridized carbons (Fsp3) is 0.227. The van der Waals surface area contributed by atoms with Crippen LogP contribution in [0.3, 0.4) is 0 Å². The van der Waals surface area contributed by atoms with E-state index in [1.807, 2.05) is 18.2 Å². The monoisotopic (exact) mass is 408 g/mol.